The molecule has 3 heterocycles. The van der Waals surface area contributed by atoms with Crippen LogP contribution in [0, 0.1) is 0 Å². The van der Waals surface area contributed by atoms with Crippen molar-refractivity contribution in [2.75, 3.05) is 57.4 Å². The third kappa shape index (κ3) is 4.10. The van der Waals surface area contributed by atoms with E-state index in [2.05, 4.69) is 21.2 Å². The number of rotatable bonds is 4. The number of hydrogen-bond acceptors (Lipinski definition) is 7. The van der Waals surface area contributed by atoms with Crippen LogP contribution in [0.15, 0.2) is 35.2 Å². The van der Waals surface area contributed by atoms with Crippen LogP contribution in [0.25, 0.3) is 0 Å². The molecule has 0 unspecified atom stereocenters. The molecule has 0 spiro atoms. The van der Waals surface area contributed by atoms with Crippen LogP contribution < -0.4 is 4.90 Å². The highest BCUT2D eigenvalue weighted by atomic mass is 32.2. The highest BCUT2D eigenvalue weighted by molar-refractivity contribution is 7.89. The lowest BCUT2D eigenvalue weighted by Crippen LogP contribution is -2.49. The molecule has 170 valence electrons. The van der Waals surface area contributed by atoms with E-state index in [1.54, 1.807) is 12.1 Å². The quantitative estimate of drug-likeness (QED) is 0.674. The number of aryl methyl sites for hydroxylation is 2. The van der Waals surface area contributed by atoms with E-state index in [4.69, 9.17) is 4.74 Å². The van der Waals surface area contributed by atoms with Gasteiger partial charge in [0, 0.05) is 44.8 Å². The van der Waals surface area contributed by atoms with E-state index in [-0.39, 0.29) is 10.8 Å². The third-order valence-corrected chi connectivity index (χ3v) is 8.32. The number of hydrogen-bond donors (Lipinski definition) is 0. The standard InChI is InChI=1S/C22H27N5O4S/c28-22(17-4-6-19(7-5-17)32(29,30)27-12-14-31-15-13-27)26-10-8-25(9-11-26)21-16-18-2-1-3-20(18)23-24-21/h4-7,16H,1-3,8-15H2. The average Bonchev–Trinajstić information content (AvgIpc) is 3.32. The summed E-state index contributed by atoms with van der Waals surface area (Å²) in [7, 11) is -3.56. The first-order valence-corrected chi connectivity index (χ1v) is 12.5. The monoisotopic (exact) mass is 457 g/mol. The zero-order valence-corrected chi connectivity index (χ0v) is 18.8. The topological polar surface area (TPSA) is 95.9 Å². The number of fused-ring (bicyclic) bond motifs is 1. The van der Waals surface area contributed by atoms with E-state index >= 15 is 0 Å². The fourth-order valence-electron chi connectivity index (χ4n) is 4.50. The zero-order valence-electron chi connectivity index (χ0n) is 17.9. The maximum atomic E-state index is 13.0. The fourth-order valence-corrected chi connectivity index (χ4v) is 5.91. The summed E-state index contributed by atoms with van der Waals surface area (Å²) in [6.45, 7) is 4.07. The Morgan fingerprint density at radius 2 is 1.62 bits per heavy atom. The fraction of sp³-hybridized carbons (Fsp3) is 0.500. The van der Waals surface area contributed by atoms with Crippen molar-refractivity contribution in [2.24, 2.45) is 0 Å². The molecule has 0 N–H and O–H groups in total. The molecule has 10 heteroatoms. The minimum Gasteiger partial charge on any atom is -0.379 e. The lowest BCUT2D eigenvalue weighted by Gasteiger charge is -2.35. The summed E-state index contributed by atoms with van der Waals surface area (Å²) < 4.78 is 32.2. The van der Waals surface area contributed by atoms with Gasteiger partial charge in [0.2, 0.25) is 10.0 Å². The van der Waals surface area contributed by atoms with Crippen LogP contribution >= 0.6 is 0 Å². The van der Waals surface area contributed by atoms with Crippen LogP contribution in [-0.4, -0.2) is 86.2 Å². The molecule has 1 amide bonds. The Bertz CT molecular complexity index is 1090. The molecule has 1 aliphatic carbocycles. The number of carbonyl (C=O) groups excluding carboxylic acids is 1. The smallest absolute Gasteiger partial charge is 0.253 e. The Kier molecular flexibility index (Phi) is 5.83. The number of nitrogens with zero attached hydrogens (tertiary/aromatic N) is 5. The van der Waals surface area contributed by atoms with Crippen LogP contribution in [0.1, 0.15) is 28.0 Å². The number of piperazine rings is 1. The first-order chi connectivity index (χ1) is 15.5. The van der Waals surface area contributed by atoms with Crippen molar-refractivity contribution in [1.82, 2.24) is 19.4 Å². The lowest BCUT2D eigenvalue weighted by atomic mass is 10.1. The number of ether oxygens (including phenoxy) is 1. The predicted octanol–water partition coefficient (Wildman–Crippen LogP) is 0.949. The van der Waals surface area contributed by atoms with Crippen LogP contribution in [-0.2, 0) is 27.6 Å². The molecule has 0 radical (unpaired) electrons. The van der Waals surface area contributed by atoms with E-state index in [0.29, 0.717) is 58.0 Å². The third-order valence-electron chi connectivity index (χ3n) is 6.41. The number of aromatic nitrogens is 2. The van der Waals surface area contributed by atoms with Crippen LogP contribution in [0.5, 0.6) is 0 Å². The molecule has 3 aliphatic rings. The number of benzene rings is 1. The van der Waals surface area contributed by atoms with Crippen LogP contribution in [0.4, 0.5) is 5.82 Å². The summed E-state index contributed by atoms with van der Waals surface area (Å²) in [5.74, 6) is 0.801. The molecular formula is C22H27N5O4S. The molecule has 9 nitrogen and oxygen atoms in total. The van der Waals surface area contributed by atoms with Gasteiger partial charge < -0.3 is 14.5 Å². The minimum absolute atomic E-state index is 0.0833. The number of morpholine rings is 1. The molecule has 2 aromatic rings. The number of carbonyl (C=O) groups is 1. The van der Waals surface area contributed by atoms with E-state index in [1.165, 1.54) is 22.0 Å². The Morgan fingerprint density at radius 1 is 0.906 bits per heavy atom. The van der Waals surface area contributed by atoms with Crippen molar-refractivity contribution in [2.45, 2.75) is 24.2 Å². The average molecular weight is 458 g/mol. The molecule has 2 saturated heterocycles. The van der Waals surface area contributed by atoms with Gasteiger partial charge in [0.05, 0.1) is 23.8 Å². The lowest BCUT2D eigenvalue weighted by molar-refractivity contribution is 0.0730. The first-order valence-electron chi connectivity index (χ1n) is 11.1. The summed E-state index contributed by atoms with van der Waals surface area (Å²) >= 11 is 0. The SMILES string of the molecule is O=C(c1ccc(S(=O)(=O)N2CCOCC2)cc1)N1CCN(c2cc3c(nn2)CCC3)CC1. The molecule has 0 bridgehead atoms. The van der Waals surface area contributed by atoms with E-state index in [1.807, 2.05) is 4.90 Å². The van der Waals surface area contributed by atoms with E-state index < -0.39 is 10.0 Å². The molecule has 2 aliphatic heterocycles. The number of sulfonamides is 1. The van der Waals surface area contributed by atoms with Crippen molar-refractivity contribution >= 4 is 21.7 Å². The molecule has 5 rings (SSSR count). The largest absolute Gasteiger partial charge is 0.379 e. The second-order valence-corrected chi connectivity index (χ2v) is 10.3. The van der Waals surface area contributed by atoms with E-state index in [0.717, 1.165) is 30.8 Å². The van der Waals surface area contributed by atoms with Gasteiger partial charge in [-0.05, 0) is 55.2 Å². The predicted molar refractivity (Wildman–Crippen MR) is 118 cm³/mol. The molecular weight excluding hydrogens is 430 g/mol. The summed E-state index contributed by atoms with van der Waals surface area (Å²) in [5.41, 5.74) is 2.90. The Labute approximate surface area is 188 Å². The maximum Gasteiger partial charge on any atom is 0.253 e. The van der Waals surface area contributed by atoms with Crippen molar-refractivity contribution in [3.63, 3.8) is 0 Å². The van der Waals surface area contributed by atoms with Gasteiger partial charge in [-0.15, -0.1) is 5.10 Å². The second kappa shape index (κ2) is 8.76. The Morgan fingerprint density at radius 3 is 2.34 bits per heavy atom. The van der Waals surface area contributed by atoms with Gasteiger partial charge in [-0.1, -0.05) is 0 Å². The first kappa shape index (κ1) is 21.3. The van der Waals surface area contributed by atoms with Crippen LogP contribution in [0.2, 0.25) is 0 Å². The van der Waals surface area contributed by atoms with Gasteiger partial charge in [0.25, 0.3) is 5.91 Å². The highest BCUT2D eigenvalue weighted by Crippen LogP contribution is 2.24. The molecule has 0 saturated carbocycles. The van der Waals surface area contributed by atoms with E-state index in [9.17, 15) is 13.2 Å². The minimum atomic E-state index is -3.56. The Balaban J connectivity index is 1.22. The molecule has 1 aromatic heterocycles. The summed E-state index contributed by atoms with van der Waals surface area (Å²) in [6, 6.07) is 8.39. The Hall–Kier alpha value is -2.56. The summed E-state index contributed by atoms with van der Waals surface area (Å²) in [5, 5.41) is 8.74. The maximum absolute atomic E-state index is 13.0. The van der Waals surface area contributed by atoms with Crippen molar-refractivity contribution in [3.05, 3.63) is 47.2 Å². The molecule has 32 heavy (non-hydrogen) atoms. The van der Waals surface area contributed by atoms with Gasteiger partial charge in [-0.2, -0.15) is 9.40 Å². The van der Waals surface area contributed by atoms with Crippen molar-refractivity contribution in [3.8, 4) is 0 Å². The highest BCUT2D eigenvalue weighted by Gasteiger charge is 2.28. The van der Waals surface area contributed by atoms with Gasteiger partial charge in [0.15, 0.2) is 5.82 Å². The normalized spacial score (nSPS) is 19.8. The van der Waals surface area contributed by atoms with Gasteiger partial charge >= 0.3 is 0 Å². The van der Waals surface area contributed by atoms with Gasteiger partial charge in [0.1, 0.15) is 0 Å². The zero-order chi connectivity index (χ0) is 22.1. The van der Waals surface area contributed by atoms with Gasteiger partial charge in [-0.25, -0.2) is 8.42 Å². The molecule has 2 fully saturated rings. The van der Waals surface area contributed by atoms with Gasteiger partial charge in [-0.3, -0.25) is 4.79 Å². The van der Waals surface area contributed by atoms with Crippen molar-refractivity contribution < 1.29 is 17.9 Å². The van der Waals surface area contributed by atoms with Crippen LogP contribution in [0.3, 0.4) is 0 Å². The molecule has 1 aromatic carbocycles. The number of anilines is 1. The molecule has 0 atom stereocenters. The van der Waals surface area contributed by atoms with Crippen molar-refractivity contribution in [1.29, 1.82) is 0 Å². The summed E-state index contributed by atoms with van der Waals surface area (Å²) in [4.78, 5) is 17.1. The summed E-state index contributed by atoms with van der Waals surface area (Å²) in [6.07, 6.45) is 3.22. The number of amides is 1. The second-order valence-electron chi connectivity index (χ2n) is 8.35.